The van der Waals surface area contributed by atoms with Gasteiger partial charge >= 0.3 is 17.3 Å². The number of esters is 1. The standard InChI is InChI=1S/C27H35N5O5/c1-7-20-8-10-21(11-9-20)16-30-25(29-22-12-13-23(18(4)14-22)37-17(2)3)32(28)27(35)31(26(30)34)15-19(5)24(33)36-6/h8-14,17,19H,7,15-16,28H2,1-6H3/b29-25-/t19-/m0/s1. The molecule has 0 aliphatic heterocycles. The lowest BCUT2D eigenvalue weighted by Gasteiger charge is -2.16. The molecule has 0 amide bonds. The number of hydrogen-bond donors (Lipinski definition) is 1. The van der Waals surface area contributed by atoms with E-state index in [2.05, 4.69) is 11.9 Å². The van der Waals surface area contributed by atoms with Crippen LogP contribution in [0.5, 0.6) is 5.75 Å². The number of methoxy groups -OCH3 is 1. The summed E-state index contributed by atoms with van der Waals surface area (Å²) in [5, 5.41) is 0. The number of nitrogens with two attached hydrogens (primary N) is 1. The van der Waals surface area contributed by atoms with Crippen LogP contribution in [0.25, 0.3) is 0 Å². The first-order valence-corrected chi connectivity index (χ1v) is 12.2. The van der Waals surface area contributed by atoms with Crippen molar-refractivity contribution in [2.45, 2.75) is 60.2 Å². The summed E-state index contributed by atoms with van der Waals surface area (Å²) in [5.74, 6) is 5.66. The van der Waals surface area contributed by atoms with Crippen LogP contribution in [0.4, 0.5) is 5.69 Å². The van der Waals surface area contributed by atoms with E-state index in [0.29, 0.717) is 5.69 Å². The molecule has 0 bridgehead atoms. The topological polar surface area (TPSA) is 123 Å². The number of ether oxygens (including phenoxy) is 2. The number of aryl methyl sites for hydroxylation is 2. The summed E-state index contributed by atoms with van der Waals surface area (Å²) >= 11 is 0. The Morgan fingerprint density at radius 2 is 1.65 bits per heavy atom. The van der Waals surface area contributed by atoms with E-state index in [1.807, 2.05) is 45.0 Å². The van der Waals surface area contributed by atoms with Gasteiger partial charge in [0.05, 0.1) is 31.4 Å². The van der Waals surface area contributed by atoms with Crippen LogP contribution in [0.1, 0.15) is 44.4 Å². The average Bonchev–Trinajstić information content (AvgIpc) is 2.88. The zero-order valence-corrected chi connectivity index (χ0v) is 22.2. The first kappa shape index (κ1) is 27.5. The van der Waals surface area contributed by atoms with E-state index in [-0.39, 0.29) is 24.8 Å². The fourth-order valence-corrected chi connectivity index (χ4v) is 3.88. The molecule has 2 N–H and O–H groups in total. The van der Waals surface area contributed by atoms with Crippen molar-refractivity contribution in [1.29, 1.82) is 0 Å². The van der Waals surface area contributed by atoms with E-state index in [1.165, 1.54) is 11.7 Å². The van der Waals surface area contributed by atoms with Gasteiger partial charge in [-0.05, 0) is 62.1 Å². The Morgan fingerprint density at radius 1 is 1.00 bits per heavy atom. The molecule has 1 heterocycles. The third kappa shape index (κ3) is 6.38. The van der Waals surface area contributed by atoms with Gasteiger partial charge in [0, 0.05) is 6.54 Å². The molecule has 0 saturated carbocycles. The number of carbonyl (C=O) groups excluding carboxylic acids is 1. The molecule has 0 radical (unpaired) electrons. The maximum absolute atomic E-state index is 13.6. The third-order valence-electron chi connectivity index (χ3n) is 5.94. The summed E-state index contributed by atoms with van der Waals surface area (Å²) < 4.78 is 13.7. The van der Waals surface area contributed by atoms with E-state index in [1.54, 1.807) is 25.1 Å². The van der Waals surface area contributed by atoms with Crippen molar-refractivity contribution in [3.63, 3.8) is 0 Å². The zero-order chi connectivity index (χ0) is 27.3. The number of hydrogen-bond acceptors (Lipinski definition) is 7. The largest absolute Gasteiger partial charge is 0.491 e. The van der Waals surface area contributed by atoms with Crippen LogP contribution < -0.4 is 27.6 Å². The minimum Gasteiger partial charge on any atom is -0.491 e. The lowest BCUT2D eigenvalue weighted by Crippen LogP contribution is -2.58. The SMILES string of the molecule is CCc1ccc(Cn2c(=O)n(C[C@H](C)C(=O)OC)c(=O)n(N)/c2=N\c2ccc(OC(C)C)c(C)c2)cc1. The van der Waals surface area contributed by atoms with Crippen molar-refractivity contribution in [3.8, 4) is 5.75 Å². The van der Waals surface area contributed by atoms with Crippen molar-refractivity contribution in [1.82, 2.24) is 13.8 Å². The molecule has 0 fully saturated rings. The normalized spacial score (nSPS) is 12.6. The van der Waals surface area contributed by atoms with Gasteiger partial charge in [0.15, 0.2) is 0 Å². The zero-order valence-electron chi connectivity index (χ0n) is 22.2. The molecule has 37 heavy (non-hydrogen) atoms. The molecule has 1 atom stereocenters. The van der Waals surface area contributed by atoms with Crippen molar-refractivity contribution in [2.75, 3.05) is 13.0 Å². The quantitative estimate of drug-likeness (QED) is 0.349. The van der Waals surface area contributed by atoms with Gasteiger partial charge in [-0.15, -0.1) is 0 Å². The van der Waals surface area contributed by atoms with Crippen molar-refractivity contribution in [2.24, 2.45) is 10.9 Å². The summed E-state index contributed by atoms with van der Waals surface area (Å²) in [6.45, 7) is 9.35. The second-order valence-electron chi connectivity index (χ2n) is 9.25. The molecule has 0 saturated heterocycles. The predicted molar refractivity (Wildman–Crippen MR) is 141 cm³/mol. The van der Waals surface area contributed by atoms with Gasteiger partial charge in [0.2, 0.25) is 5.62 Å². The summed E-state index contributed by atoms with van der Waals surface area (Å²) in [5.41, 5.74) is 1.91. The van der Waals surface area contributed by atoms with Gasteiger partial charge in [0.1, 0.15) is 5.75 Å². The lowest BCUT2D eigenvalue weighted by molar-refractivity contribution is -0.145. The predicted octanol–water partition coefficient (Wildman–Crippen LogP) is 2.27. The van der Waals surface area contributed by atoms with Crippen molar-refractivity contribution >= 4 is 11.7 Å². The Hall–Kier alpha value is -4.08. The van der Waals surface area contributed by atoms with Crippen LogP contribution in [-0.2, 0) is 29.0 Å². The molecule has 0 unspecified atom stereocenters. The fourth-order valence-electron chi connectivity index (χ4n) is 3.88. The van der Waals surface area contributed by atoms with E-state index in [4.69, 9.17) is 15.3 Å². The Balaban J connectivity index is 2.21. The molecular formula is C27H35N5O5. The Labute approximate surface area is 215 Å². The number of rotatable bonds is 9. The van der Waals surface area contributed by atoms with Crippen LogP contribution >= 0.6 is 0 Å². The van der Waals surface area contributed by atoms with Gasteiger partial charge in [-0.25, -0.2) is 19.1 Å². The van der Waals surface area contributed by atoms with Gasteiger partial charge in [0.25, 0.3) is 0 Å². The molecule has 3 rings (SSSR count). The molecule has 0 aliphatic carbocycles. The smallest absolute Gasteiger partial charge is 0.353 e. The Bertz CT molecular complexity index is 1450. The molecule has 3 aromatic rings. The first-order valence-electron chi connectivity index (χ1n) is 12.2. The lowest BCUT2D eigenvalue weighted by atomic mass is 10.1. The molecule has 10 heteroatoms. The van der Waals surface area contributed by atoms with Crippen LogP contribution in [0.15, 0.2) is 57.0 Å². The van der Waals surface area contributed by atoms with E-state index in [9.17, 15) is 14.4 Å². The summed E-state index contributed by atoms with van der Waals surface area (Å²) in [7, 11) is 1.25. The number of nitrogens with zero attached hydrogens (tertiary/aromatic N) is 4. The number of aromatic nitrogens is 3. The highest BCUT2D eigenvalue weighted by atomic mass is 16.5. The van der Waals surface area contributed by atoms with Gasteiger partial charge in [-0.3, -0.25) is 9.36 Å². The van der Waals surface area contributed by atoms with E-state index in [0.717, 1.165) is 38.1 Å². The summed E-state index contributed by atoms with van der Waals surface area (Å²) in [6, 6.07) is 13.1. The molecule has 2 aromatic carbocycles. The van der Waals surface area contributed by atoms with Crippen LogP contribution in [-0.4, -0.2) is 33.0 Å². The minimum atomic E-state index is -0.784. The Morgan fingerprint density at radius 3 is 2.22 bits per heavy atom. The number of nitrogen functional groups attached to an aromatic ring is 1. The Kier molecular flexibility index (Phi) is 8.75. The average molecular weight is 510 g/mol. The minimum absolute atomic E-state index is 0.0111. The second kappa shape index (κ2) is 11.8. The molecule has 198 valence electrons. The van der Waals surface area contributed by atoms with Crippen LogP contribution in [0.3, 0.4) is 0 Å². The molecule has 0 aliphatic rings. The highest BCUT2D eigenvalue weighted by molar-refractivity contribution is 5.71. The number of carbonyl (C=O) groups is 1. The summed E-state index contributed by atoms with van der Waals surface area (Å²) in [4.78, 5) is 43.3. The van der Waals surface area contributed by atoms with Crippen molar-refractivity contribution < 1.29 is 14.3 Å². The van der Waals surface area contributed by atoms with E-state index >= 15 is 0 Å². The van der Waals surface area contributed by atoms with Gasteiger partial charge in [-0.2, -0.15) is 4.68 Å². The molecular weight excluding hydrogens is 474 g/mol. The van der Waals surface area contributed by atoms with Crippen LogP contribution in [0.2, 0.25) is 0 Å². The first-order chi connectivity index (χ1) is 17.5. The van der Waals surface area contributed by atoms with Crippen molar-refractivity contribution in [3.05, 3.63) is 85.7 Å². The molecule has 1 aromatic heterocycles. The van der Waals surface area contributed by atoms with Crippen LogP contribution in [0, 0.1) is 12.8 Å². The van der Waals surface area contributed by atoms with Gasteiger partial charge in [-0.1, -0.05) is 38.1 Å². The second-order valence-corrected chi connectivity index (χ2v) is 9.25. The summed E-state index contributed by atoms with van der Waals surface area (Å²) in [6.07, 6.45) is 0.896. The maximum atomic E-state index is 13.6. The van der Waals surface area contributed by atoms with E-state index < -0.39 is 23.3 Å². The van der Waals surface area contributed by atoms with Gasteiger partial charge < -0.3 is 15.3 Å². The third-order valence-corrected chi connectivity index (χ3v) is 5.94. The maximum Gasteiger partial charge on any atom is 0.353 e. The highest BCUT2D eigenvalue weighted by Crippen LogP contribution is 2.24. The molecule has 10 nitrogen and oxygen atoms in total. The monoisotopic (exact) mass is 509 g/mol. The fraction of sp³-hybridized carbons (Fsp3) is 0.407. The number of benzene rings is 2. The highest BCUT2D eigenvalue weighted by Gasteiger charge is 2.20. The molecule has 0 spiro atoms.